The summed E-state index contributed by atoms with van der Waals surface area (Å²) in [5.41, 5.74) is 0.795. The molecule has 2 aromatic rings. The van der Waals surface area contributed by atoms with Crippen LogP contribution in [0.5, 0.6) is 0 Å². The smallest absolute Gasteiger partial charge is 0.307 e. The number of nitrogens with zero attached hydrogens (tertiary/aromatic N) is 3. The van der Waals surface area contributed by atoms with Crippen LogP contribution in [0.2, 0.25) is 0 Å². The molecular weight excluding hydrogens is 342 g/mol. The Morgan fingerprint density at radius 2 is 1.80 bits per heavy atom. The van der Waals surface area contributed by atoms with Crippen molar-refractivity contribution >= 4 is 16.0 Å². The third-order valence-corrected chi connectivity index (χ3v) is 6.06. The van der Waals surface area contributed by atoms with Crippen LogP contribution >= 0.6 is 0 Å². The number of carbonyl (C=O) groups is 1. The first-order chi connectivity index (χ1) is 11.9. The van der Waals surface area contributed by atoms with Crippen LogP contribution in [-0.4, -0.2) is 46.9 Å². The van der Waals surface area contributed by atoms with E-state index in [0.717, 1.165) is 5.56 Å². The number of hydrogen-bond donors (Lipinski definition) is 1. The number of aromatic nitrogens is 2. The predicted octanol–water partition coefficient (Wildman–Crippen LogP) is 1.87. The summed E-state index contributed by atoms with van der Waals surface area (Å²) in [6.07, 6.45) is 3.03. The molecule has 1 aromatic carbocycles. The Kier molecular flexibility index (Phi) is 4.82. The predicted molar refractivity (Wildman–Crippen MR) is 91.1 cm³/mol. The van der Waals surface area contributed by atoms with Gasteiger partial charge in [-0.15, -0.1) is 0 Å². The average molecular weight is 361 g/mol. The Morgan fingerprint density at radius 3 is 2.40 bits per heavy atom. The van der Waals surface area contributed by atoms with Crippen molar-refractivity contribution in [3.63, 3.8) is 0 Å². The largest absolute Gasteiger partial charge is 0.481 e. The molecule has 1 N–H and O–H groups in total. The molecule has 2 atom stereocenters. The van der Waals surface area contributed by atoms with E-state index < -0.39 is 21.9 Å². The summed E-state index contributed by atoms with van der Waals surface area (Å²) in [6, 6.07) is 9.26. The second kappa shape index (κ2) is 6.89. The van der Waals surface area contributed by atoms with Gasteiger partial charge in [0.2, 0.25) is 10.0 Å². The van der Waals surface area contributed by atoms with Gasteiger partial charge in [-0.1, -0.05) is 37.3 Å². The fraction of sp³-hybridized carbons (Fsp3) is 0.353. The summed E-state index contributed by atoms with van der Waals surface area (Å²) in [5.74, 6) is -1.24. The number of hydrogen-bond acceptors (Lipinski definition) is 5. The van der Waals surface area contributed by atoms with E-state index in [-0.39, 0.29) is 17.4 Å². The van der Waals surface area contributed by atoms with Gasteiger partial charge in [0, 0.05) is 18.7 Å². The maximum Gasteiger partial charge on any atom is 0.307 e. The first-order valence-electron chi connectivity index (χ1n) is 7.98. The molecule has 0 radical (unpaired) electrons. The summed E-state index contributed by atoms with van der Waals surface area (Å²) >= 11 is 0. The highest BCUT2D eigenvalue weighted by Gasteiger charge is 2.36. The van der Waals surface area contributed by atoms with Gasteiger partial charge in [-0.05, 0) is 12.3 Å². The molecule has 0 bridgehead atoms. The van der Waals surface area contributed by atoms with E-state index in [0.29, 0.717) is 18.8 Å². The molecule has 7 nitrogen and oxygen atoms in total. The lowest BCUT2D eigenvalue weighted by atomic mass is 9.92. The van der Waals surface area contributed by atoms with Crippen molar-refractivity contribution in [1.29, 1.82) is 0 Å². The number of carboxylic acid groups (broad SMARTS) is 1. The molecule has 0 amide bonds. The van der Waals surface area contributed by atoms with E-state index in [1.54, 1.807) is 0 Å². The minimum Gasteiger partial charge on any atom is -0.481 e. The monoisotopic (exact) mass is 361 g/mol. The zero-order valence-electron chi connectivity index (χ0n) is 13.7. The minimum atomic E-state index is -3.82. The Balaban J connectivity index is 1.86. The van der Waals surface area contributed by atoms with E-state index in [4.69, 9.17) is 0 Å². The number of aliphatic carboxylic acids is 1. The summed E-state index contributed by atoms with van der Waals surface area (Å²) in [7, 11) is -3.82. The molecule has 2 heterocycles. The molecule has 3 rings (SSSR count). The van der Waals surface area contributed by atoms with Gasteiger partial charge < -0.3 is 5.11 Å². The number of benzene rings is 1. The summed E-state index contributed by atoms with van der Waals surface area (Å²) in [4.78, 5) is 19.5. The van der Waals surface area contributed by atoms with Crippen molar-refractivity contribution in [2.75, 3.05) is 13.1 Å². The van der Waals surface area contributed by atoms with Gasteiger partial charge in [0.05, 0.1) is 18.3 Å². The maximum atomic E-state index is 12.8. The van der Waals surface area contributed by atoms with Crippen LogP contribution in [0.3, 0.4) is 0 Å². The normalized spacial score (nSPS) is 21.8. The minimum absolute atomic E-state index is 0.0193. The molecule has 0 aliphatic carbocycles. The van der Waals surface area contributed by atoms with Crippen molar-refractivity contribution < 1.29 is 18.3 Å². The molecule has 132 valence electrons. The van der Waals surface area contributed by atoms with Gasteiger partial charge in [0.15, 0.2) is 5.82 Å². The van der Waals surface area contributed by atoms with Crippen LogP contribution in [0.4, 0.5) is 0 Å². The summed E-state index contributed by atoms with van der Waals surface area (Å²) in [6.45, 7) is 2.13. The second-order valence-electron chi connectivity index (χ2n) is 6.31. The van der Waals surface area contributed by atoms with Gasteiger partial charge in [-0.2, -0.15) is 4.31 Å². The average Bonchev–Trinajstić information content (AvgIpc) is 2.62. The van der Waals surface area contributed by atoms with E-state index in [9.17, 15) is 18.3 Å². The highest BCUT2D eigenvalue weighted by molar-refractivity contribution is 7.89. The Morgan fingerprint density at radius 1 is 1.16 bits per heavy atom. The van der Waals surface area contributed by atoms with E-state index >= 15 is 0 Å². The van der Waals surface area contributed by atoms with E-state index in [2.05, 4.69) is 9.97 Å². The number of rotatable bonds is 4. The Bertz CT molecular complexity index is 853. The quantitative estimate of drug-likeness (QED) is 0.892. The molecule has 0 spiro atoms. The van der Waals surface area contributed by atoms with E-state index in [1.807, 2.05) is 37.3 Å². The Labute approximate surface area is 146 Å². The lowest BCUT2D eigenvalue weighted by Crippen LogP contribution is -2.45. The van der Waals surface area contributed by atoms with E-state index in [1.165, 1.54) is 16.7 Å². The number of sulfonamides is 1. The third-order valence-electron chi connectivity index (χ3n) is 4.27. The molecule has 2 unspecified atom stereocenters. The Hall–Kier alpha value is -2.32. The molecule has 1 aromatic heterocycles. The zero-order chi connectivity index (χ0) is 18.0. The molecule has 1 saturated heterocycles. The highest BCUT2D eigenvalue weighted by atomic mass is 32.2. The highest BCUT2D eigenvalue weighted by Crippen LogP contribution is 2.27. The molecule has 1 fully saturated rings. The molecule has 25 heavy (non-hydrogen) atoms. The summed E-state index contributed by atoms with van der Waals surface area (Å²) in [5, 5.41) is 9.23. The van der Waals surface area contributed by atoms with Crippen molar-refractivity contribution in [3.8, 4) is 11.4 Å². The maximum absolute atomic E-state index is 12.8. The van der Waals surface area contributed by atoms with Crippen molar-refractivity contribution in [2.24, 2.45) is 11.8 Å². The van der Waals surface area contributed by atoms with Crippen LogP contribution in [0.1, 0.15) is 13.3 Å². The topological polar surface area (TPSA) is 100 Å². The fourth-order valence-electron chi connectivity index (χ4n) is 3.01. The fourth-order valence-corrected chi connectivity index (χ4v) is 4.51. The lowest BCUT2D eigenvalue weighted by Gasteiger charge is -2.33. The lowest BCUT2D eigenvalue weighted by molar-refractivity contribution is -0.143. The molecular formula is C17H19N3O4S. The number of carboxylic acids is 1. The van der Waals surface area contributed by atoms with Gasteiger partial charge in [0.1, 0.15) is 4.90 Å². The zero-order valence-corrected chi connectivity index (χ0v) is 14.6. The summed E-state index contributed by atoms with van der Waals surface area (Å²) < 4.78 is 26.8. The van der Waals surface area contributed by atoms with Crippen LogP contribution in [0, 0.1) is 11.8 Å². The second-order valence-corrected chi connectivity index (χ2v) is 8.24. The molecule has 8 heteroatoms. The SMILES string of the molecule is CC1CC(C(=O)O)CN(S(=O)(=O)c2cnc(-c3ccccc3)nc2)C1. The van der Waals surface area contributed by atoms with Crippen LogP contribution in [-0.2, 0) is 14.8 Å². The standard InChI is InChI=1S/C17H19N3O4S/c1-12-7-14(17(21)22)11-20(10-12)25(23,24)15-8-18-16(19-9-15)13-5-3-2-4-6-13/h2-6,8-9,12,14H,7,10-11H2,1H3,(H,21,22). The van der Waals surface area contributed by atoms with Crippen molar-refractivity contribution in [3.05, 3.63) is 42.7 Å². The van der Waals surface area contributed by atoms with Crippen LogP contribution in [0.25, 0.3) is 11.4 Å². The molecule has 1 aliphatic rings. The van der Waals surface area contributed by atoms with Gasteiger partial charge >= 0.3 is 5.97 Å². The first kappa shape index (κ1) is 17.5. The first-order valence-corrected chi connectivity index (χ1v) is 9.42. The van der Waals surface area contributed by atoms with Crippen molar-refractivity contribution in [2.45, 2.75) is 18.2 Å². The third kappa shape index (κ3) is 3.69. The van der Waals surface area contributed by atoms with Crippen LogP contribution in [0.15, 0.2) is 47.6 Å². The van der Waals surface area contributed by atoms with Crippen molar-refractivity contribution in [1.82, 2.24) is 14.3 Å². The molecule has 0 saturated carbocycles. The van der Waals surface area contributed by atoms with Gasteiger partial charge in [0.25, 0.3) is 0 Å². The molecule has 1 aliphatic heterocycles. The van der Waals surface area contributed by atoms with Crippen LogP contribution < -0.4 is 0 Å². The van der Waals surface area contributed by atoms with Gasteiger partial charge in [-0.3, -0.25) is 4.79 Å². The van der Waals surface area contributed by atoms with Gasteiger partial charge in [-0.25, -0.2) is 18.4 Å². The number of piperidine rings is 1.